The zero-order valence-corrected chi connectivity index (χ0v) is 18.0. The van der Waals surface area contributed by atoms with Gasteiger partial charge in [-0.2, -0.15) is 0 Å². The van der Waals surface area contributed by atoms with Crippen LogP contribution in [0.1, 0.15) is 97.3 Å². The number of hydrogen-bond acceptors (Lipinski definition) is 6. The molecule has 0 bridgehead atoms. The molecule has 0 amide bonds. The van der Waals surface area contributed by atoms with Crippen molar-refractivity contribution in [2.24, 2.45) is 0 Å². The predicted octanol–water partition coefficient (Wildman–Crippen LogP) is 3.28. The maximum Gasteiger partial charge on any atom is 0.186 e. The molecule has 0 aromatic heterocycles. The zero-order valence-electron chi connectivity index (χ0n) is 18.0. The third-order valence-corrected chi connectivity index (χ3v) is 5.68. The number of hydrogen-bond donors (Lipinski definition) is 4. The van der Waals surface area contributed by atoms with Crippen LogP contribution in [0, 0.1) is 0 Å². The number of unbranched alkanes of at least 4 members (excludes halogenated alkanes) is 11. The molecule has 6 nitrogen and oxygen atoms in total. The lowest BCUT2D eigenvalue weighted by molar-refractivity contribution is -0.310. The van der Waals surface area contributed by atoms with Crippen LogP contribution in [0.3, 0.4) is 0 Å². The first kappa shape index (κ1) is 25.8. The van der Waals surface area contributed by atoms with Gasteiger partial charge in [-0.1, -0.05) is 84.0 Å². The lowest BCUT2D eigenvalue weighted by Gasteiger charge is -2.40. The van der Waals surface area contributed by atoms with Crippen LogP contribution >= 0.6 is 0 Å². The standard InChI is InChI=1S/C22H44O6/c1-3-4-5-6-7-8-9-10-11-12-13-14-15-17(2)27-22-21(26)20(25)19(24)18(16-23)28-22/h17-26H,3-16H2,1-2H3/t17?,18-,19-,20+,21-,22+/m1/s1. The maximum absolute atomic E-state index is 10.0. The van der Waals surface area contributed by atoms with Crippen molar-refractivity contribution in [2.75, 3.05) is 6.61 Å². The second-order valence-corrected chi connectivity index (χ2v) is 8.32. The Kier molecular flexibility index (Phi) is 14.4. The Morgan fingerprint density at radius 1 is 0.750 bits per heavy atom. The molecule has 6 atom stereocenters. The topological polar surface area (TPSA) is 99.4 Å². The molecule has 1 fully saturated rings. The highest BCUT2D eigenvalue weighted by Crippen LogP contribution is 2.24. The molecule has 1 aliphatic heterocycles. The molecule has 0 aromatic carbocycles. The van der Waals surface area contributed by atoms with Crippen molar-refractivity contribution in [3.8, 4) is 0 Å². The molecule has 0 aromatic rings. The largest absolute Gasteiger partial charge is 0.394 e. The quantitative estimate of drug-likeness (QED) is 0.295. The van der Waals surface area contributed by atoms with Gasteiger partial charge in [-0.3, -0.25) is 0 Å². The molecule has 0 radical (unpaired) electrons. The molecular formula is C22H44O6. The first-order chi connectivity index (χ1) is 13.5. The molecule has 168 valence electrons. The number of ether oxygens (including phenoxy) is 2. The second kappa shape index (κ2) is 15.6. The molecule has 6 heteroatoms. The van der Waals surface area contributed by atoms with Crippen molar-refractivity contribution in [1.29, 1.82) is 0 Å². The normalized spacial score (nSPS) is 29.1. The van der Waals surface area contributed by atoms with E-state index in [-0.39, 0.29) is 6.10 Å². The van der Waals surface area contributed by atoms with Gasteiger partial charge in [0.2, 0.25) is 0 Å². The molecule has 1 rings (SSSR count). The molecule has 0 spiro atoms. The Hall–Kier alpha value is -0.240. The van der Waals surface area contributed by atoms with Crippen molar-refractivity contribution >= 4 is 0 Å². The van der Waals surface area contributed by atoms with Gasteiger partial charge in [0.1, 0.15) is 24.4 Å². The Morgan fingerprint density at radius 3 is 1.75 bits per heavy atom. The highest BCUT2D eigenvalue weighted by Gasteiger charge is 2.44. The van der Waals surface area contributed by atoms with Gasteiger partial charge in [-0.25, -0.2) is 0 Å². The Labute approximate surface area is 171 Å². The maximum atomic E-state index is 10.0. The first-order valence-electron chi connectivity index (χ1n) is 11.5. The fourth-order valence-electron chi connectivity index (χ4n) is 3.75. The minimum atomic E-state index is -1.38. The summed E-state index contributed by atoms with van der Waals surface area (Å²) in [6.07, 6.45) is 10.4. The van der Waals surface area contributed by atoms with E-state index in [4.69, 9.17) is 9.47 Å². The lowest BCUT2D eigenvalue weighted by Crippen LogP contribution is -2.59. The smallest absolute Gasteiger partial charge is 0.186 e. The SMILES string of the molecule is CCCCCCCCCCCCCCC(C)O[C@H]1O[C@H](CO)[C@@H](O)[C@H](O)[C@H]1O. The van der Waals surface area contributed by atoms with E-state index in [0.29, 0.717) is 0 Å². The molecule has 0 aliphatic carbocycles. The molecule has 1 aliphatic rings. The number of aliphatic hydroxyl groups excluding tert-OH is 4. The van der Waals surface area contributed by atoms with E-state index < -0.39 is 37.3 Å². The minimum absolute atomic E-state index is 0.121. The second-order valence-electron chi connectivity index (χ2n) is 8.32. The molecule has 0 saturated carbocycles. The lowest BCUT2D eigenvalue weighted by atomic mass is 9.99. The fraction of sp³-hybridized carbons (Fsp3) is 1.00. The van der Waals surface area contributed by atoms with Crippen LogP contribution in [0.5, 0.6) is 0 Å². The van der Waals surface area contributed by atoms with E-state index in [1.807, 2.05) is 6.92 Å². The van der Waals surface area contributed by atoms with Crippen LogP contribution in [0.4, 0.5) is 0 Å². The van der Waals surface area contributed by atoms with Crippen molar-refractivity contribution < 1.29 is 29.9 Å². The molecule has 4 N–H and O–H groups in total. The van der Waals surface area contributed by atoms with Gasteiger partial charge < -0.3 is 29.9 Å². The van der Waals surface area contributed by atoms with Crippen molar-refractivity contribution in [1.82, 2.24) is 0 Å². The van der Waals surface area contributed by atoms with E-state index in [2.05, 4.69) is 6.92 Å². The first-order valence-corrected chi connectivity index (χ1v) is 11.5. The average molecular weight is 405 g/mol. The molecule has 1 saturated heterocycles. The zero-order chi connectivity index (χ0) is 20.8. The molecule has 1 heterocycles. The van der Waals surface area contributed by atoms with E-state index >= 15 is 0 Å². The van der Waals surface area contributed by atoms with Crippen LogP contribution in [0.25, 0.3) is 0 Å². The summed E-state index contributed by atoms with van der Waals surface area (Å²) in [5.74, 6) is 0. The van der Waals surface area contributed by atoms with Gasteiger partial charge in [-0.05, 0) is 13.3 Å². The summed E-state index contributed by atoms with van der Waals surface area (Å²) in [4.78, 5) is 0. The summed E-state index contributed by atoms with van der Waals surface area (Å²) in [6.45, 7) is 3.74. The predicted molar refractivity (Wildman–Crippen MR) is 110 cm³/mol. The van der Waals surface area contributed by atoms with E-state index in [9.17, 15) is 20.4 Å². The summed E-state index contributed by atoms with van der Waals surface area (Å²) in [5.41, 5.74) is 0. The van der Waals surface area contributed by atoms with Gasteiger partial charge in [0.15, 0.2) is 6.29 Å². The van der Waals surface area contributed by atoms with Crippen molar-refractivity contribution in [2.45, 2.75) is 134 Å². The molecular weight excluding hydrogens is 360 g/mol. The van der Waals surface area contributed by atoms with Gasteiger partial charge in [0.25, 0.3) is 0 Å². The van der Waals surface area contributed by atoms with Gasteiger partial charge >= 0.3 is 0 Å². The van der Waals surface area contributed by atoms with E-state index in [1.54, 1.807) is 0 Å². The Bertz CT molecular complexity index is 365. The summed E-state index contributed by atoms with van der Waals surface area (Å²) >= 11 is 0. The van der Waals surface area contributed by atoms with Crippen LogP contribution in [0.2, 0.25) is 0 Å². The monoisotopic (exact) mass is 404 g/mol. The third kappa shape index (κ3) is 9.99. The van der Waals surface area contributed by atoms with Gasteiger partial charge in [0, 0.05) is 0 Å². The van der Waals surface area contributed by atoms with Crippen molar-refractivity contribution in [3.63, 3.8) is 0 Å². The van der Waals surface area contributed by atoms with Crippen LogP contribution < -0.4 is 0 Å². The Morgan fingerprint density at radius 2 is 1.25 bits per heavy atom. The van der Waals surface area contributed by atoms with Gasteiger partial charge in [0.05, 0.1) is 12.7 Å². The van der Waals surface area contributed by atoms with Crippen LogP contribution in [-0.2, 0) is 9.47 Å². The van der Waals surface area contributed by atoms with E-state index in [0.717, 1.165) is 12.8 Å². The molecule has 28 heavy (non-hydrogen) atoms. The fourth-order valence-corrected chi connectivity index (χ4v) is 3.75. The number of aliphatic hydroxyl groups is 4. The van der Waals surface area contributed by atoms with Crippen LogP contribution in [0.15, 0.2) is 0 Å². The summed E-state index contributed by atoms with van der Waals surface area (Å²) in [6, 6.07) is 0. The summed E-state index contributed by atoms with van der Waals surface area (Å²) in [7, 11) is 0. The average Bonchev–Trinajstić information content (AvgIpc) is 2.69. The third-order valence-electron chi connectivity index (χ3n) is 5.68. The Balaban J connectivity index is 2.02. The van der Waals surface area contributed by atoms with Crippen molar-refractivity contribution in [3.05, 3.63) is 0 Å². The highest BCUT2D eigenvalue weighted by atomic mass is 16.7. The van der Waals surface area contributed by atoms with Gasteiger partial charge in [-0.15, -0.1) is 0 Å². The number of rotatable bonds is 16. The molecule has 1 unspecified atom stereocenters. The van der Waals surface area contributed by atoms with E-state index in [1.165, 1.54) is 70.6 Å². The summed E-state index contributed by atoms with van der Waals surface area (Å²) < 4.78 is 11.1. The highest BCUT2D eigenvalue weighted by molar-refractivity contribution is 4.89. The van der Waals surface area contributed by atoms with Crippen LogP contribution in [-0.4, -0.2) is 63.8 Å². The summed E-state index contributed by atoms with van der Waals surface area (Å²) in [5, 5.41) is 38.8. The minimum Gasteiger partial charge on any atom is -0.394 e.